The van der Waals surface area contributed by atoms with Gasteiger partial charge in [0.15, 0.2) is 0 Å². The Hall–Kier alpha value is -0.0400. The molecular formula is C11H23N. The average molecular weight is 169 g/mol. The van der Waals surface area contributed by atoms with E-state index in [1.54, 1.807) is 0 Å². The van der Waals surface area contributed by atoms with Gasteiger partial charge in [0.1, 0.15) is 0 Å². The van der Waals surface area contributed by atoms with Gasteiger partial charge in [0.05, 0.1) is 0 Å². The SMILES string of the molecule is CC(C)N(C(C)C)C1CC1(C)C. The quantitative estimate of drug-likeness (QED) is 0.628. The molecule has 1 unspecified atom stereocenters. The normalized spacial score (nSPS) is 27.2. The second-order valence-electron chi connectivity index (χ2n) is 5.34. The van der Waals surface area contributed by atoms with E-state index in [4.69, 9.17) is 0 Å². The summed E-state index contributed by atoms with van der Waals surface area (Å²) in [6, 6.07) is 2.21. The molecule has 1 aliphatic rings. The van der Waals surface area contributed by atoms with Crippen LogP contribution in [0.5, 0.6) is 0 Å². The Balaban J connectivity index is 2.58. The summed E-state index contributed by atoms with van der Waals surface area (Å²) in [5, 5.41) is 0. The molecule has 1 atom stereocenters. The summed E-state index contributed by atoms with van der Waals surface area (Å²) in [6.07, 6.45) is 1.38. The molecule has 1 nitrogen and oxygen atoms in total. The molecule has 1 rings (SSSR count). The predicted octanol–water partition coefficient (Wildman–Crippen LogP) is 2.90. The van der Waals surface area contributed by atoms with Gasteiger partial charge in [0.25, 0.3) is 0 Å². The molecule has 12 heavy (non-hydrogen) atoms. The van der Waals surface area contributed by atoms with E-state index in [1.165, 1.54) is 6.42 Å². The third kappa shape index (κ3) is 1.82. The van der Waals surface area contributed by atoms with Crippen molar-refractivity contribution in [1.82, 2.24) is 4.90 Å². The Morgan fingerprint density at radius 3 is 1.50 bits per heavy atom. The zero-order valence-electron chi connectivity index (χ0n) is 9.39. The molecule has 0 aromatic heterocycles. The van der Waals surface area contributed by atoms with E-state index in [1.807, 2.05) is 0 Å². The largest absolute Gasteiger partial charge is 0.295 e. The average Bonchev–Trinajstić information content (AvgIpc) is 2.37. The smallest absolute Gasteiger partial charge is 0.0158 e. The van der Waals surface area contributed by atoms with Crippen LogP contribution in [0.2, 0.25) is 0 Å². The lowest BCUT2D eigenvalue weighted by Crippen LogP contribution is -2.40. The first-order valence-electron chi connectivity index (χ1n) is 5.13. The van der Waals surface area contributed by atoms with Crippen LogP contribution in [-0.4, -0.2) is 23.0 Å². The summed E-state index contributed by atoms with van der Waals surface area (Å²) >= 11 is 0. The topological polar surface area (TPSA) is 3.24 Å². The summed E-state index contributed by atoms with van der Waals surface area (Å²) in [6.45, 7) is 13.9. The maximum absolute atomic E-state index is 2.64. The van der Waals surface area contributed by atoms with Gasteiger partial charge < -0.3 is 0 Å². The molecule has 1 fully saturated rings. The van der Waals surface area contributed by atoms with Gasteiger partial charge in [-0.1, -0.05) is 13.8 Å². The Bertz CT molecular complexity index is 150. The summed E-state index contributed by atoms with van der Waals surface area (Å²) in [5.41, 5.74) is 0.578. The minimum atomic E-state index is 0.578. The van der Waals surface area contributed by atoms with Gasteiger partial charge in [-0.3, -0.25) is 4.90 Å². The molecule has 0 spiro atoms. The second kappa shape index (κ2) is 3.02. The Morgan fingerprint density at radius 2 is 1.42 bits per heavy atom. The standard InChI is InChI=1S/C11H23N/c1-8(2)12(9(3)4)10-7-11(10,5)6/h8-10H,7H2,1-6H3. The van der Waals surface area contributed by atoms with Crippen LogP contribution in [0, 0.1) is 5.41 Å². The van der Waals surface area contributed by atoms with Crippen LogP contribution in [0.25, 0.3) is 0 Å². The van der Waals surface area contributed by atoms with Crippen molar-refractivity contribution in [2.45, 2.75) is 66.1 Å². The lowest BCUT2D eigenvalue weighted by atomic mass is 10.1. The van der Waals surface area contributed by atoms with Gasteiger partial charge in [0.2, 0.25) is 0 Å². The number of rotatable bonds is 3. The lowest BCUT2D eigenvalue weighted by Gasteiger charge is -2.32. The van der Waals surface area contributed by atoms with E-state index < -0.39 is 0 Å². The van der Waals surface area contributed by atoms with Gasteiger partial charge in [-0.05, 0) is 39.5 Å². The van der Waals surface area contributed by atoms with E-state index in [0.29, 0.717) is 17.5 Å². The first kappa shape index (κ1) is 10.0. The highest BCUT2D eigenvalue weighted by Gasteiger charge is 2.50. The first-order valence-corrected chi connectivity index (χ1v) is 5.13. The molecule has 0 aliphatic heterocycles. The van der Waals surface area contributed by atoms with E-state index in [9.17, 15) is 0 Å². The molecular weight excluding hydrogens is 146 g/mol. The minimum absolute atomic E-state index is 0.578. The molecule has 72 valence electrons. The highest BCUT2D eigenvalue weighted by molar-refractivity contribution is 5.04. The molecule has 0 heterocycles. The fraction of sp³-hybridized carbons (Fsp3) is 1.00. The molecule has 0 aromatic carbocycles. The fourth-order valence-electron chi connectivity index (χ4n) is 2.26. The predicted molar refractivity (Wildman–Crippen MR) is 54.3 cm³/mol. The molecule has 0 aromatic rings. The fourth-order valence-corrected chi connectivity index (χ4v) is 2.26. The van der Waals surface area contributed by atoms with Gasteiger partial charge in [-0.2, -0.15) is 0 Å². The van der Waals surface area contributed by atoms with E-state index in [2.05, 4.69) is 46.4 Å². The Labute approximate surface area is 77.1 Å². The van der Waals surface area contributed by atoms with Crippen LogP contribution in [0.3, 0.4) is 0 Å². The van der Waals surface area contributed by atoms with Gasteiger partial charge in [0, 0.05) is 18.1 Å². The van der Waals surface area contributed by atoms with Crippen molar-refractivity contribution in [2.75, 3.05) is 0 Å². The number of nitrogens with zero attached hydrogens (tertiary/aromatic N) is 1. The molecule has 0 radical (unpaired) electrons. The van der Waals surface area contributed by atoms with Crippen molar-refractivity contribution >= 4 is 0 Å². The highest BCUT2D eigenvalue weighted by atomic mass is 15.2. The second-order valence-corrected chi connectivity index (χ2v) is 5.34. The van der Waals surface area contributed by atoms with Gasteiger partial charge >= 0.3 is 0 Å². The number of hydrogen-bond donors (Lipinski definition) is 0. The summed E-state index contributed by atoms with van der Waals surface area (Å²) in [5.74, 6) is 0. The van der Waals surface area contributed by atoms with Gasteiger partial charge in [-0.15, -0.1) is 0 Å². The van der Waals surface area contributed by atoms with Crippen LogP contribution in [-0.2, 0) is 0 Å². The minimum Gasteiger partial charge on any atom is -0.295 e. The van der Waals surface area contributed by atoms with Crippen LogP contribution < -0.4 is 0 Å². The van der Waals surface area contributed by atoms with Crippen molar-refractivity contribution in [1.29, 1.82) is 0 Å². The molecule has 0 saturated heterocycles. The molecule has 1 heteroatoms. The molecule has 1 saturated carbocycles. The summed E-state index contributed by atoms with van der Waals surface area (Å²) in [7, 11) is 0. The maximum atomic E-state index is 2.64. The van der Waals surface area contributed by atoms with Crippen molar-refractivity contribution in [3.8, 4) is 0 Å². The van der Waals surface area contributed by atoms with Crippen molar-refractivity contribution in [2.24, 2.45) is 5.41 Å². The third-order valence-corrected chi connectivity index (χ3v) is 3.01. The monoisotopic (exact) mass is 169 g/mol. The lowest BCUT2D eigenvalue weighted by molar-refractivity contribution is 0.146. The molecule has 0 amide bonds. The summed E-state index contributed by atoms with van der Waals surface area (Å²) < 4.78 is 0. The molecule has 0 bridgehead atoms. The van der Waals surface area contributed by atoms with Crippen LogP contribution in [0.4, 0.5) is 0 Å². The number of hydrogen-bond acceptors (Lipinski definition) is 1. The van der Waals surface area contributed by atoms with E-state index in [0.717, 1.165) is 6.04 Å². The maximum Gasteiger partial charge on any atom is 0.0158 e. The zero-order valence-corrected chi connectivity index (χ0v) is 9.39. The van der Waals surface area contributed by atoms with Crippen molar-refractivity contribution in [3.63, 3.8) is 0 Å². The van der Waals surface area contributed by atoms with Crippen LogP contribution in [0.1, 0.15) is 48.0 Å². The van der Waals surface area contributed by atoms with Crippen molar-refractivity contribution in [3.05, 3.63) is 0 Å². The molecule has 0 N–H and O–H groups in total. The Kier molecular flexibility index (Phi) is 2.53. The van der Waals surface area contributed by atoms with Crippen molar-refractivity contribution < 1.29 is 0 Å². The molecule has 1 aliphatic carbocycles. The zero-order chi connectivity index (χ0) is 9.52. The van der Waals surface area contributed by atoms with Crippen LogP contribution in [0.15, 0.2) is 0 Å². The van der Waals surface area contributed by atoms with Crippen LogP contribution >= 0.6 is 0 Å². The van der Waals surface area contributed by atoms with Gasteiger partial charge in [-0.25, -0.2) is 0 Å². The van der Waals surface area contributed by atoms with E-state index >= 15 is 0 Å². The Morgan fingerprint density at radius 1 is 1.08 bits per heavy atom. The third-order valence-electron chi connectivity index (χ3n) is 3.01. The summed E-state index contributed by atoms with van der Waals surface area (Å²) in [4.78, 5) is 2.64. The first-order chi connectivity index (χ1) is 5.36. The van der Waals surface area contributed by atoms with E-state index in [-0.39, 0.29) is 0 Å². The highest BCUT2D eigenvalue weighted by Crippen LogP contribution is 2.49.